The minimum Gasteiger partial charge on any atom is -0.488 e. The second kappa shape index (κ2) is 10.3. The van der Waals surface area contributed by atoms with Crippen molar-refractivity contribution >= 4 is 11.9 Å². The van der Waals surface area contributed by atoms with E-state index in [2.05, 4.69) is 0 Å². The number of carbonyl (C=O) groups is 2. The number of hydrogen-bond donors (Lipinski definition) is 0. The van der Waals surface area contributed by atoms with Crippen LogP contribution in [0.2, 0.25) is 0 Å². The van der Waals surface area contributed by atoms with Crippen molar-refractivity contribution in [2.24, 2.45) is 11.8 Å². The van der Waals surface area contributed by atoms with Crippen LogP contribution in [0.1, 0.15) is 74.1 Å². The summed E-state index contributed by atoms with van der Waals surface area (Å²) < 4.78 is 16.7. The standard InChI is InChI=1S/C22H34O5/c1-15(2)8-12-20(23)25-18-11-10-17(27-22(5,6)7)14-19(18)26-21(24)13-9-16(3)4/h10-11,14-16H,8-9,12-13H2,1-7H3. The van der Waals surface area contributed by atoms with E-state index in [-0.39, 0.29) is 23.4 Å². The number of benzene rings is 1. The van der Waals surface area contributed by atoms with Crippen LogP contribution in [0.5, 0.6) is 17.2 Å². The second-order valence-corrected chi connectivity index (χ2v) is 8.64. The molecule has 5 nitrogen and oxygen atoms in total. The molecule has 5 heteroatoms. The lowest BCUT2D eigenvalue weighted by molar-refractivity contribution is -0.137. The van der Waals surface area contributed by atoms with Gasteiger partial charge in [-0.3, -0.25) is 9.59 Å². The average Bonchev–Trinajstić information content (AvgIpc) is 2.52. The van der Waals surface area contributed by atoms with Crippen molar-refractivity contribution in [3.63, 3.8) is 0 Å². The first-order chi connectivity index (χ1) is 12.5. The largest absolute Gasteiger partial charge is 0.488 e. The molecule has 1 rings (SSSR count). The van der Waals surface area contributed by atoms with Gasteiger partial charge in [-0.25, -0.2) is 0 Å². The van der Waals surface area contributed by atoms with E-state index >= 15 is 0 Å². The molecule has 0 aromatic heterocycles. The van der Waals surface area contributed by atoms with Gasteiger partial charge in [-0.05, 0) is 57.6 Å². The van der Waals surface area contributed by atoms with Crippen molar-refractivity contribution in [2.45, 2.75) is 79.8 Å². The maximum Gasteiger partial charge on any atom is 0.311 e. The summed E-state index contributed by atoms with van der Waals surface area (Å²) in [4.78, 5) is 24.3. The van der Waals surface area contributed by atoms with Gasteiger partial charge in [0, 0.05) is 18.9 Å². The molecule has 0 saturated carbocycles. The lowest BCUT2D eigenvalue weighted by Gasteiger charge is -2.22. The second-order valence-electron chi connectivity index (χ2n) is 8.64. The SMILES string of the molecule is CC(C)CCC(=O)Oc1ccc(OC(C)(C)C)cc1OC(=O)CCC(C)C. The summed E-state index contributed by atoms with van der Waals surface area (Å²) >= 11 is 0. The predicted molar refractivity (Wildman–Crippen MR) is 106 cm³/mol. The van der Waals surface area contributed by atoms with Gasteiger partial charge in [0.25, 0.3) is 0 Å². The monoisotopic (exact) mass is 378 g/mol. The van der Waals surface area contributed by atoms with Gasteiger partial charge in [0.2, 0.25) is 0 Å². The van der Waals surface area contributed by atoms with E-state index in [1.807, 2.05) is 48.5 Å². The Balaban J connectivity index is 2.95. The van der Waals surface area contributed by atoms with Gasteiger partial charge in [-0.15, -0.1) is 0 Å². The third-order valence-electron chi connectivity index (χ3n) is 3.64. The Bertz CT molecular complexity index is 626. The van der Waals surface area contributed by atoms with E-state index in [9.17, 15) is 9.59 Å². The van der Waals surface area contributed by atoms with Crippen molar-refractivity contribution in [1.29, 1.82) is 0 Å². The van der Waals surface area contributed by atoms with Crippen LogP contribution < -0.4 is 14.2 Å². The third kappa shape index (κ3) is 10.0. The van der Waals surface area contributed by atoms with Crippen molar-refractivity contribution < 1.29 is 23.8 Å². The molecule has 0 spiro atoms. The summed E-state index contributed by atoms with van der Waals surface area (Å²) in [5, 5.41) is 0. The lowest BCUT2D eigenvalue weighted by Crippen LogP contribution is -2.23. The molecule has 1 aromatic carbocycles. The minimum atomic E-state index is -0.394. The first-order valence-electron chi connectivity index (χ1n) is 9.70. The van der Waals surface area contributed by atoms with Crippen LogP contribution >= 0.6 is 0 Å². The first-order valence-corrected chi connectivity index (χ1v) is 9.70. The normalized spacial score (nSPS) is 11.6. The van der Waals surface area contributed by atoms with Gasteiger partial charge in [-0.2, -0.15) is 0 Å². The maximum atomic E-state index is 12.2. The zero-order valence-corrected chi connectivity index (χ0v) is 17.8. The molecule has 0 fully saturated rings. The summed E-state index contributed by atoms with van der Waals surface area (Å²) in [5.41, 5.74) is -0.394. The smallest absolute Gasteiger partial charge is 0.311 e. The molecule has 0 atom stereocenters. The van der Waals surface area contributed by atoms with Crippen LogP contribution in [0.15, 0.2) is 18.2 Å². The molecule has 0 radical (unpaired) electrons. The molecule has 27 heavy (non-hydrogen) atoms. The van der Waals surface area contributed by atoms with E-state index in [4.69, 9.17) is 14.2 Å². The predicted octanol–water partition coefficient (Wildman–Crippen LogP) is 5.55. The van der Waals surface area contributed by atoms with E-state index < -0.39 is 5.60 Å². The number of hydrogen-bond acceptors (Lipinski definition) is 5. The van der Waals surface area contributed by atoms with Crippen LogP contribution in [0, 0.1) is 11.8 Å². The van der Waals surface area contributed by atoms with Gasteiger partial charge in [0.15, 0.2) is 11.5 Å². The highest BCUT2D eigenvalue weighted by atomic mass is 16.6. The van der Waals surface area contributed by atoms with Crippen molar-refractivity contribution in [2.75, 3.05) is 0 Å². The fourth-order valence-electron chi connectivity index (χ4n) is 2.23. The van der Waals surface area contributed by atoms with Crippen molar-refractivity contribution in [1.82, 2.24) is 0 Å². The Hall–Kier alpha value is -2.04. The zero-order valence-electron chi connectivity index (χ0n) is 17.8. The van der Waals surface area contributed by atoms with Gasteiger partial charge in [0.1, 0.15) is 11.4 Å². The summed E-state index contributed by atoms with van der Waals surface area (Å²) in [5.74, 6) is 1.13. The summed E-state index contributed by atoms with van der Waals surface area (Å²) in [6.45, 7) is 14.0. The highest BCUT2D eigenvalue weighted by Crippen LogP contribution is 2.34. The van der Waals surface area contributed by atoms with E-state index in [1.54, 1.807) is 18.2 Å². The third-order valence-corrected chi connectivity index (χ3v) is 3.64. The molecule has 0 amide bonds. The van der Waals surface area contributed by atoms with Gasteiger partial charge in [0.05, 0.1) is 0 Å². The molecular formula is C22H34O5. The molecule has 0 aliphatic heterocycles. The molecule has 0 saturated heterocycles. The molecule has 0 N–H and O–H groups in total. The average molecular weight is 379 g/mol. The zero-order chi connectivity index (χ0) is 20.6. The van der Waals surface area contributed by atoms with Gasteiger partial charge >= 0.3 is 11.9 Å². The fourth-order valence-corrected chi connectivity index (χ4v) is 2.23. The summed E-state index contributed by atoms with van der Waals surface area (Å²) in [7, 11) is 0. The van der Waals surface area contributed by atoms with Crippen LogP contribution in [-0.2, 0) is 9.59 Å². The lowest BCUT2D eigenvalue weighted by atomic mass is 10.1. The van der Waals surface area contributed by atoms with Crippen LogP contribution in [0.4, 0.5) is 0 Å². The highest BCUT2D eigenvalue weighted by molar-refractivity contribution is 5.76. The van der Waals surface area contributed by atoms with E-state index in [0.29, 0.717) is 30.4 Å². The Kier molecular flexibility index (Phi) is 8.80. The minimum absolute atomic E-state index is 0.211. The van der Waals surface area contributed by atoms with Crippen molar-refractivity contribution in [3.05, 3.63) is 18.2 Å². The van der Waals surface area contributed by atoms with Crippen LogP contribution in [0.25, 0.3) is 0 Å². The molecule has 0 aliphatic rings. The highest BCUT2D eigenvalue weighted by Gasteiger charge is 2.18. The maximum absolute atomic E-state index is 12.2. The molecule has 0 heterocycles. The molecular weight excluding hydrogens is 344 g/mol. The van der Waals surface area contributed by atoms with E-state index in [0.717, 1.165) is 12.8 Å². The quantitative estimate of drug-likeness (QED) is 0.416. The number of ether oxygens (including phenoxy) is 3. The molecule has 0 bridgehead atoms. The number of esters is 2. The van der Waals surface area contributed by atoms with Crippen LogP contribution in [-0.4, -0.2) is 17.5 Å². The van der Waals surface area contributed by atoms with Gasteiger partial charge in [-0.1, -0.05) is 27.7 Å². The van der Waals surface area contributed by atoms with Crippen LogP contribution in [0.3, 0.4) is 0 Å². The van der Waals surface area contributed by atoms with Crippen molar-refractivity contribution in [3.8, 4) is 17.2 Å². The molecule has 152 valence electrons. The first kappa shape index (κ1) is 23.0. The molecule has 1 aromatic rings. The number of carbonyl (C=O) groups excluding carboxylic acids is 2. The molecule has 0 aliphatic carbocycles. The Morgan fingerprint density at radius 3 is 1.78 bits per heavy atom. The topological polar surface area (TPSA) is 61.8 Å². The number of rotatable bonds is 9. The summed E-state index contributed by atoms with van der Waals surface area (Å²) in [6, 6.07) is 4.92. The Labute approximate surface area is 163 Å². The van der Waals surface area contributed by atoms with Gasteiger partial charge < -0.3 is 14.2 Å². The fraction of sp³-hybridized carbons (Fsp3) is 0.636. The van der Waals surface area contributed by atoms with E-state index in [1.165, 1.54) is 0 Å². The Morgan fingerprint density at radius 2 is 1.33 bits per heavy atom. The molecule has 0 unspecified atom stereocenters. The summed E-state index contributed by atoms with van der Waals surface area (Å²) in [6.07, 6.45) is 2.11. The Morgan fingerprint density at radius 1 is 0.852 bits per heavy atom.